The summed E-state index contributed by atoms with van der Waals surface area (Å²) in [5, 5.41) is 5.51. The van der Waals surface area contributed by atoms with Gasteiger partial charge in [-0.25, -0.2) is 9.97 Å². The summed E-state index contributed by atoms with van der Waals surface area (Å²) < 4.78 is 0. The van der Waals surface area contributed by atoms with Crippen LogP contribution in [-0.4, -0.2) is 39.9 Å². The van der Waals surface area contributed by atoms with Crippen molar-refractivity contribution < 1.29 is 4.79 Å². The first-order chi connectivity index (χ1) is 11.8. The minimum Gasteiger partial charge on any atom is -0.367 e. The van der Waals surface area contributed by atoms with E-state index in [1.54, 1.807) is 23.7 Å². The van der Waals surface area contributed by atoms with Crippen LogP contribution in [0.15, 0.2) is 29.9 Å². The number of nitrogens with one attached hydrogen (secondary N) is 1. The Balaban J connectivity index is 1.45. The highest BCUT2D eigenvalue weighted by Crippen LogP contribution is 2.27. The molecule has 4 rings (SSSR count). The van der Waals surface area contributed by atoms with Crippen molar-refractivity contribution in [2.75, 3.05) is 18.4 Å². The van der Waals surface area contributed by atoms with Gasteiger partial charge in [0.05, 0.1) is 5.69 Å². The fourth-order valence-electron chi connectivity index (χ4n) is 2.94. The first kappa shape index (κ1) is 15.3. The number of fused-ring (bicyclic) bond motifs is 1. The van der Waals surface area contributed by atoms with Crippen LogP contribution in [0.1, 0.15) is 29.0 Å². The van der Waals surface area contributed by atoms with E-state index < -0.39 is 0 Å². The standard InChI is InChI=1S/C18H20N4OS/c23-17(6-5-14-2-1-11-24-14)22-9-7-15-16(8-10-22)19-12-20-18(15)21-13-3-4-13/h1-2,5-6,11-13H,3-4,7-10H2,(H,19,20,21)/b6-5+. The van der Waals surface area contributed by atoms with Gasteiger partial charge in [0.15, 0.2) is 0 Å². The molecule has 24 heavy (non-hydrogen) atoms. The third-order valence-corrected chi connectivity index (χ3v) is 5.29. The van der Waals surface area contributed by atoms with Crippen LogP contribution in [0.2, 0.25) is 0 Å². The first-order valence-electron chi connectivity index (χ1n) is 8.39. The predicted octanol–water partition coefficient (Wildman–Crippen LogP) is 2.75. The summed E-state index contributed by atoms with van der Waals surface area (Å²) in [7, 11) is 0. The molecule has 1 amide bonds. The lowest BCUT2D eigenvalue weighted by molar-refractivity contribution is -0.125. The Kier molecular flexibility index (Phi) is 4.30. The van der Waals surface area contributed by atoms with Crippen molar-refractivity contribution in [3.8, 4) is 0 Å². The van der Waals surface area contributed by atoms with Gasteiger partial charge >= 0.3 is 0 Å². The lowest BCUT2D eigenvalue weighted by Gasteiger charge is -2.18. The van der Waals surface area contributed by atoms with E-state index in [0.717, 1.165) is 29.2 Å². The van der Waals surface area contributed by atoms with Gasteiger partial charge < -0.3 is 10.2 Å². The quantitative estimate of drug-likeness (QED) is 0.870. The molecule has 1 saturated carbocycles. The van der Waals surface area contributed by atoms with Crippen molar-refractivity contribution in [2.45, 2.75) is 31.7 Å². The van der Waals surface area contributed by atoms with E-state index >= 15 is 0 Å². The van der Waals surface area contributed by atoms with Crippen molar-refractivity contribution in [3.63, 3.8) is 0 Å². The van der Waals surface area contributed by atoms with Gasteiger partial charge in [-0.3, -0.25) is 4.79 Å². The molecule has 1 aliphatic heterocycles. The van der Waals surface area contributed by atoms with Crippen LogP contribution >= 0.6 is 11.3 Å². The van der Waals surface area contributed by atoms with Gasteiger partial charge in [-0.05, 0) is 36.8 Å². The Hall–Kier alpha value is -2.21. The molecule has 6 heteroatoms. The lowest BCUT2D eigenvalue weighted by atomic mass is 10.1. The molecule has 2 aromatic rings. The SMILES string of the molecule is O=C(/C=C/c1cccs1)N1CCc2ncnc(NC3CC3)c2CC1. The van der Waals surface area contributed by atoms with Crippen LogP contribution in [0.25, 0.3) is 6.08 Å². The smallest absolute Gasteiger partial charge is 0.246 e. The highest BCUT2D eigenvalue weighted by molar-refractivity contribution is 7.10. The van der Waals surface area contributed by atoms with Gasteiger partial charge in [-0.15, -0.1) is 11.3 Å². The first-order valence-corrected chi connectivity index (χ1v) is 9.27. The third kappa shape index (κ3) is 3.48. The summed E-state index contributed by atoms with van der Waals surface area (Å²) >= 11 is 1.63. The van der Waals surface area contributed by atoms with E-state index in [-0.39, 0.29) is 5.91 Å². The number of amides is 1. The van der Waals surface area contributed by atoms with Crippen LogP contribution in [0, 0.1) is 0 Å². The van der Waals surface area contributed by atoms with Crippen LogP contribution in [0.3, 0.4) is 0 Å². The van der Waals surface area contributed by atoms with Crippen molar-refractivity contribution in [3.05, 3.63) is 46.1 Å². The number of carbonyl (C=O) groups is 1. The number of hydrogen-bond acceptors (Lipinski definition) is 5. The molecule has 1 fully saturated rings. The third-order valence-electron chi connectivity index (χ3n) is 4.45. The minimum absolute atomic E-state index is 0.0702. The maximum absolute atomic E-state index is 12.5. The zero-order chi connectivity index (χ0) is 16.4. The molecule has 0 spiro atoms. The molecule has 3 heterocycles. The molecule has 0 atom stereocenters. The number of thiophene rings is 1. The summed E-state index contributed by atoms with van der Waals surface area (Å²) in [5.41, 5.74) is 2.26. The number of anilines is 1. The fraction of sp³-hybridized carbons (Fsp3) is 0.389. The van der Waals surface area contributed by atoms with E-state index in [4.69, 9.17) is 0 Å². The maximum atomic E-state index is 12.5. The summed E-state index contributed by atoms with van der Waals surface area (Å²) in [5.74, 6) is 1.03. The second kappa shape index (κ2) is 6.73. The van der Waals surface area contributed by atoms with E-state index in [1.165, 1.54) is 18.4 Å². The highest BCUT2D eigenvalue weighted by atomic mass is 32.1. The average molecular weight is 340 g/mol. The molecule has 2 aromatic heterocycles. The highest BCUT2D eigenvalue weighted by Gasteiger charge is 2.25. The van der Waals surface area contributed by atoms with Crippen molar-refractivity contribution in [1.29, 1.82) is 0 Å². The normalized spacial score (nSPS) is 17.6. The molecule has 5 nitrogen and oxygen atoms in total. The topological polar surface area (TPSA) is 58.1 Å². The Bertz CT molecular complexity index is 752. The van der Waals surface area contributed by atoms with Crippen LogP contribution in [0.5, 0.6) is 0 Å². The summed E-state index contributed by atoms with van der Waals surface area (Å²) in [4.78, 5) is 24.3. The average Bonchev–Trinajstić information content (AvgIpc) is 3.31. The Morgan fingerprint density at radius 1 is 1.29 bits per heavy atom. The second-order valence-electron chi connectivity index (χ2n) is 6.24. The van der Waals surface area contributed by atoms with Crippen molar-refractivity contribution in [2.24, 2.45) is 0 Å². The summed E-state index contributed by atoms with van der Waals surface area (Å²) in [6, 6.07) is 4.57. The lowest BCUT2D eigenvalue weighted by Crippen LogP contribution is -2.31. The minimum atomic E-state index is 0.0702. The number of nitrogens with zero attached hydrogens (tertiary/aromatic N) is 3. The molecule has 0 saturated heterocycles. The molecule has 0 aromatic carbocycles. The van der Waals surface area contributed by atoms with Gasteiger partial charge in [0, 0.05) is 42.1 Å². The van der Waals surface area contributed by atoms with Crippen LogP contribution in [0.4, 0.5) is 5.82 Å². The summed E-state index contributed by atoms with van der Waals surface area (Å²) in [6.07, 6.45) is 9.24. The Morgan fingerprint density at radius 3 is 2.96 bits per heavy atom. The number of rotatable bonds is 4. The molecular weight excluding hydrogens is 320 g/mol. The van der Waals surface area contributed by atoms with E-state index in [9.17, 15) is 4.79 Å². The molecule has 1 N–H and O–H groups in total. The Morgan fingerprint density at radius 2 is 2.17 bits per heavy atom. The van der Waals surface area contributed by atoms with Crippen LogP contribution in [-0.2, 0) is 17.6 Å². The van der Waals surface area contributed by atoms with Gasteiger partial charge in [-0.1, -0.05) is 6.07 Å². The number of hydrogen-bond donors (Lipinski definition) is 1. The number of carbonyl (C=O) groups excluding carboxylic acids is 1. The second-order valence-corrected chi connectivity index (χ2v) is 7.22. The zero-order valence-electron chi connectivity index (χ0n) is 13.4. The van der Waals surface area contributed by atoms with Crippen LogP contribution < -0.4 is 5.32 Å². The monoisotopic (exact) mass is 340 g/mol. The van der Waals surface area contributed by atoms with E-state index in [1.807, 2.05) is 28.5 Å². The van der Waals surface area contributed by atoms with Crippen molar-refractivity contribution in [1.82, 2.24) is 14.9 Å². The predicted molar refractivity (Wildman–Crippen MR) is 96.0 cm³/mol. The maximum Gasteiger partial charge on any atom is 0.246 e. The molecule has 0 bridgehead atoms. The van der Waals surface area contributed by atoms with Gasteiger partial charge in [0.25, 0.3) is 0 Å². The molecule has 2 aliphatic rings. The molecule has 1 aliphatic carbocycles. The van der Waals surface area contributed by atoms with Gasteiger partial charge in [0.1, 0.15) is 12.1 Å². The Labute approximate surface area is 145 Å². The van der Waals surface area contributed by atoms with Gasteiger partial charge in [-0.2, -0.15) is 0 Å². The van der Waals surface area contributed by atoms with E-state index in [2.05, 4.69) is 15.3 Å². The fourth-order valence-corrected chi connectivity index (χ4v) is 3.56. The van der Waals surface area contributed by atoms with Gasteiger partial charge in [0.2, 0.25) is 5.91 Å². The molecule has 124 valence electrons. The largest absolute Gasteiger partial charge is 0.367 e. The molecular formula is C18H20N4OS. The number of aromatic nitrogens is 2. The van der Waals surface area contributed by atoms with Crippen molar-refractivity contribution >= 4 is 29.1 Å². The molecule has 0 unspecified atom stereocenters. The zero-order valence-corrected chi connectivity index (χ0v) is 14.3. The van der Waals surface area contributed by atoms with E-state index in [0.29, 0.717) is 19.1 Å². The molecule has 0 radical (unpaired) electrons. The summed E-state index contributed by atoms with van der Waals surface area (Å²) in [6.45, 7) is 1.42.